The summed E-state index contributed by atoms with van der Waals surface area (Å²) in [6, 6.07) is 7.96. The number of methoxy groups -OCH3 is 1. The van der Waals surface area contributed by atoms with E-state index in [9.17, 15) is 0 Å². The Balaban J connectivity index is 2.91. The van der Waals surface area contributed by atoms with Crippen LogP contribution >= 0.6 is 0 Å². The van der Waals surface area contributed by atoms with E-state index in [0.717, 1.165) is 5.75 Å². The smallest absolute Gasteiger partial charge is 0.119 e. The predicted octanol–water partition coefficient (Wildman–Crippen LogP) is 2.73. The van der Waals surface area contributed by atoms with Crippen LogP contribution in [0.25, 0.3) is 6.08 Å². The molecule has 1 rings (SSSR count). The van der Waals surface area contributed by atoms with Crippen LogP contribution in [0.4, 0.5) is 0 Å². The lowest BCUT2D eigenvalue weighted by molar-refractivity contribution is 0.414. The Kier molecular flexibility index (Phi) is 2.73. The van der Waals surface area contributed by atoms with Crippen LogP contribution in [0.5, 0.6) is 5.75 Å². The molecule has 1 nitrogen and oxygen atoms in total. The van der Waals surface area contributed by atoms with E-state index in [1.54, 1.807) is 7.11 Å². The highest BCUT2D eigenvalue weighted by Crippen LogP contribution is 2.13. The van der Waals surface area contributed by atoms with Gasteiger partial charge in [-0.25, -0.2) is 0 Å². The summed E-state index contributed by atoms with van der Waals surface area (Å²) >= 11 is 0. The molecule has 11 heavy (non-hydrogen) atoms. The molecule has 58 valence electrons. The van der Waals surface area contributed by atoms with E-state index in [-0.39, 0.29) is 0 Å². The van der Waals surface area contributed by atoms with Crippen molar-refractivity contribution in [3.8, 4) is 5.75 Å². The molecule has 1 aromatic rings. The molecule has 0 saturated carbocycles. The van der Waals surface area contributed by atoms with Gasteiger partial charge in [-0.3, -0.25) is 0 Å². The molecular weight excluding hydrogens is 136 g/mol. The van der Waals surface area contributed by atoms with Crippen molar-refractivity contribution >= 4 is 6.08 Å². The monoisotopic (exact) mass is 148 g/mol. The first kappa shape index (κ1) is 7.86. The van der Waals surface area contributed by atoms with Gasteiger partial charge in [0.2, 0.25) is 0 Å². The first-order valence-electron chi connectivity index (χ1n) is 3.63. The van der Waals surface area contributed by atoms with E-state index < -0.39 is 0 Å². The molecule has 1 heteroatoms. The Morgan fingerprint density at radius 3 is 2.82 bits per heavy atom. The van der Waals surface area contributed by atoms with Crippen molar-refractivity contribution in [3.63, 3.8) is 0 Å². The molecule has 0 aliphatic rings. The number of hydrogen-bond acceptors (Lipinski definition) is 1. The first-order valence-corrected chi connectivity index (χ1v) is 3.63. The third-order valence-electron chi connectivity index (χ3n) is 1.45. The van der Waals surface area contributed by atoms with E-state index in [1.165, 1.54) is 5.56 Å². The van der Waals surface area contributed by atoms with Gasteiger partial charge in [-0.05, 0) is 24.6 Å². The molecule has 0 heterocycles. The molecule has 0 fully saturated rings. The van der Waals surface area contributed by atoms with Gasteiger partial charge in [0.05, 0.1) is 7.11 Å². The van der Waals surface area contributed by atoms with Crippen molar-refractivity contribution < 1.29 is 4.74 Å². The average molecular weight is 148 g/mol. The van der Waals surface area contributed by atoms with E-state index in [2.05, 4.69) is 0 Å². The van der Waals surface area contributed by atoms with Gasteiger partial charge in [-0.1, -0.05) is 24.3 Å². The van der Waals surface area contributed by atoms with Gasteiger partial charge in [0.1, 0.15) is 5.75 Å². The van der Waals surface area contributed by atoms with Crippen molar-refractivity contribution in [1.29, 1.82) is 0 Å². The van der Waals surface area contributed by atoms with Crippen LogP contribution in [0.1, 0.15) is 12.5 Å². The molecule has 0 aliphatic carbocycles. The van der Waals surface area contributed by atoms with Crippen LogP contribution < -0.4 is 4.74 Å². The molecule has 0 aromatic heterocycles. The summed E-state index contributed by atoms with van der Waals surface area (Å²) in [5.74, 6) is 0.903. The minimum Gasteiger partial charge on any atom is -0.497 e. The van der Waals surface area contributed by atoms with Gasteiger partial charge in [-0.15, -0.1) is 0 Å². The molecule has 0 bridgehead atoms. The fourth-order valence-electron chi connectivity index (χ4n) is 0.938. The van der Waals surface area contributed by atoms with Crippen LogP contribution in [0, 0.1) is 0 Å². The largest absolute Gasteiger partial charge is 0.497 e. The van der Waals surface area contributed by atoms with Gasteiger partial charge in [-0.2, -0.15) is 0 Å². The Morgan fingerprint density at radius 1 is 1.36 bits per heavy atom. The van der Waals surface area contributed by atoms with Crippen LogP contribution in [-0.2, 0) is 0 Å². The average Bonchev–Trinajstić information content (AvgIpc) is 2.06. The Hall–Kier alpha value is -1.24. The molecule has 0 radical (unpaired) electrons. The number of hydrogen-bond donors (Lipinski definition) is 0. The fraction of sp³-hybridized carbons (Fsp3) is 0.200. The minimum atomic E-state index is 0.903. The fourth-order valence-corrected chi connectivity index (χ4v) is 0.938. The molecule has 0 atom stereocenters. The molecule has 0 N–H and O–H groups in total. The third-order valence-corrected chi connectivity index (χ3v) is 1.45. The summed E-state index contributed by atoms with van der Waals surface area (Å²) in [5.41, 5.74) is 1.17. The van der Waals surface area contributed by atoms with Gasteiger partial charge in [0.15, 0.2) is 0 Å². The molecule has 0 aliphatic heterocycles. The maximum atomic E-state index is 5.07. The summed E-state index contributed by atoms with van der Waals surface area (Å²) < 4.78 is 5.07. The Bertz CT molecular complexity index is 251. The highest BCUT2D eigenvalue weighted by molar-refractivity contribution is 5.51. The molecule has 1 aromatic carbocycles. The van der Waals surface area contributed by atoms with Crippen LogP contribution in [-0.4, -0.2) is 7.11 Å². The Labute approximate surface area is 67.3 Å². The quantitative estimate of drug-likeness (QED) is 0.626. The van der Waals surface area contributed by atoms with Crippen molar-refractivity contribution in [3.05, 3.63) is 35.9 Å². The minimum absolute atomic E-state index is 0.903. The zero-order chi connectivity index (χ0) is 8.10. The van der Waals surface area contributed by atoms with Gasteiger partial charge in [0, 0.05) is 0 Å². The number of ether oxygens (including phenoxy) is 1. The number of benzene rings is 1. The zero-order valence-electron chi connectivity index (χ0n) is 6.87. The van der Waals surface area contributed by atoms with Crippen LogP contribution in [0.3, 0.4) is 0 Å². The number of allylic oxidation sites excluding steroid dienone is 1. The molecular formula is C10H12O. The predicted molar refractivity (Wildman–Crippen MR) is 47.7 cm³/mol. The van der Waals surface area contributed by atoms with Crippen molar-refractivity contribution in [1.82, 2.24) is 0 Å². The molecule has 0 saturated heterocycles. The lowest BCUT2D eigenvalue weighted by Crippen LogP contribution is -1.81. The highest BCUT2D eigenvalue weighted by Gasteiger charge is 1.89. The lowest BCUT2D eigenvalue weighted by Gasteiger charge is -1.99. The normalized spacial score (nSPS) is 10.4. The molecule has 0 amide bonds. The van der Waals surface area contributed by atoms with Crippen molar-refractivity contribution in [2.24, 2.45) is 0 Å². The highest BCUT2D eigenvalue weighted by atomic mass is 16.5. The summed E-state index contributed by atoms with van der Waals surface area (Å²) in [6.07, 6.45) is 4.05. The summed E-state index contributed by atoms with van der Waals surface area (Å²) in [6.45, 7) is 2.00. The van der Waals surface area contributed by atoms with Crippen molar-refractivity contribution in [2.75, 3.05) is 7.11 Å². The SMILES string of the molecule is C/C=C/c1cccc(OC)c1. The van der Waals surface area contributed by atoms with Gasteiger partial charge < -0.3 is 4.74 Å². The first-order chi connectivity index (χ1) is 5.36. The third kappa shape index (κ3) is 2.11. The Morgan fingerprint density at radius 2 is 2.18 bits per heavy atom. The van der Waals surface area contributed by atoms with E-state index >= 15 is 0 Å². The second-order valence-electron chi connectivity index (χ2n) is 2.28. The summed E-state index contributed by atoms with van der Waals surface area (Å²) in [4.78, 5) is 0. The van der Waals surface area contributed by atoms with Crippen LogP contribution in [0.15, 0.2) is 30.3 Å². The summed E-state index contributed by atoms with van der Waals surface area (Å²) in [5, 5.41) is 0. The zero-order valence-corrected chi connectivity index (χ0v) is 6.87. The standard InChI is InChI=1S/C10H12O/c1-3-5-9-6-4-7-10(8-9)11-2/h3-8H,1-2H3/b5-3+. The summed E-state index contributed by atoms with van der Waals surface area (Å²) in [7, 11) is 1.68. The van der Waals surface area contributed by atoms with E-state index in [4.69, 9.17) is 4.74 Å². The molecule has 0 unspecified atom stereocenters. The lowest BCUT2D eigenvalue weighted by atomic mass is 10.2. The maximum Gasteiger partial charge on any atom is 0.119 e. The maximum absolute atomic E-state index is 5.07. The van der Waals surface area contributed by atoms with Gasteiger partial charge >= 0.3 is 0 Å². The number of rotatable bonds is 2. The van der Waals surface area contributed by atoms with Gasteiger partial charge in [0.25, 0.3) is 0 Å². The topological polar surface area (TPSA) is 9.23 Å². The van der Waals surface area contributed by atoms with E-state index in [0.29, 0.717) is 0 Å². The molecule has 0 spiro atoms. The second-order valence-corrected chi connectivity index (χ2v) is 2.28. The van der Waals surface area contributed by atoms with Crippen LogP contribution in [0.2, 0.25) is 0 Å². The second kappa shape index (κ2) is 3.81. The van der Waals surface area contributed by atoms with E-state index in [1.807, 2.05) is 43.3 Å². The van der Waals surface area contributed by atoms with Crippen molar-refractivity contribution in [2.45, 2.75) is 6.92 Å².